The van der Waals surface area contributed by atoms with Crippen molar-refractivity contribution in [1.82, 2.24) is 14.1 Å². The Balaban J connectivity index is 2.81. The Morgan fingerprint density at radius 3 is 2.88 bits per heavy atom. The van der Waals surface area contributed by atoms with E-state index >= 15 is 0 Å². The van der Waals surface area contributed by atoms with E-state index in [-0.39, 0.29) is 4.90 Å². The molecular formula is C9H18N4O3S. The van der Waals surface area contributed by atoms with Crippen molar-refractivity contribution < 1.29 is 13.2 Å². The summed E-state index contributed by atoms with van der Waals surface area (Å²) in [7, 11) is -0.443. The molecule has 1 aromatic rings. The second kappa shape index (κ2) is 6.10. The molecule has 1 aromatic heterocycles. The van der Waals surface area contributed by atoms with E-state index in [1.807, 2.05) is 0 Å². The predicted molar refractivity (Wildman–Crippen MR) is 63.0 cm³/mol. The van der Waals surface area contributed by atoms with Crippen molar-refractivity contribution in [3.63, 3.8) is 0 Å². The molecule has 1 rings (SSSR count). The van der Waals surface area contributed by atoms with E-state index in [0.29, 0.717) is 26.2 Å². The van der Waals surface area contributed by atoms with Crippen molar-refractivity contribution in [2.24, 2.45) is 5.73 Å². The number of hydrogen-bond donors (Lipinski definition) is 1. The van der Waals surface area contributed by atoms with Gasteiger partial charge in [0.05, 0.1) is 19.3 Å². The summed E-state index contributed by atoms with van der Waals surface area (Å²) in [5, 5.41) is 3.93. The molecule has 0 unspecified atom stereocenters. The molecular weight excluding hydrogens is 244 g/mol. The average molecular weight is 262 g/mol. The van der Waals surface area contributed by atoms with Crippen LogP contribution in [0.1, 0.15) is 0 Å². The van der Waals surface area contributed by atoms with E-state index in [4.69, 9.17) is 10.5 Å². The first-order valence-electron chi connectivity index (χ1n) is 5.20. The topological polar surface area (TPSA) is 90.5 Å². The van der Waals surface area contributed by atoms with Crippen molar-refractivity contribution in [2.45, 2.75) is 11.4 Å². The summed E-state index contributed by atoms with van der Waals surface area (Å²) in [5.74, 6) is 0. The van der Waals surface area contributed by atoms with E-state index in [0.717, 1.165) is 0 Å². The minimum absolute atomic E-state index is 0.171. The van der Waals surface area contributed by atoms with Gasteiger partial charge in [-0.1, -0.05) is 0 Å². The van der Waals surface area contributed by atoms with Gasteiger partial charge in [-0.05, 0) is 0 Å². The molecule has 7 nitrogen and oxygen atoms in total. The van der Waals surface area contributed by atoms with E-state index in [1.165, 1.54) is 35.5 Å². The molecule has 0 fully saturated rings. The highest BCUT2D eigenvalue weighted by atomic mass is 32.2. The largest absolute Gasteiger partial charge is 0.383 e. The molecule has 0 atom stereocenters. The molecule has 8 heteroatoms. The number of nitrogens with two attached hydrogens (primary N) is 1. The van der Waals surface area contributed by atoms with Crippen LogP contribution in [0.15, 0.2) is 17.3 Å². The van der Waals surface area contributed by atoms with Crippen LogP contribution < -0.4 is 5.73 Å². The first kappa shape index (κ1) is 14.1. The fraction of sp³-hybridized carbons (Fsp3) is 0.667. The molecule has 0 amide bonds. The molecule has 2 N–H and O–H groups in total. The Kier molecular flexibility index (Phi) is 5.06. The number of hydrogen-bond acceptors (Lipinski definition) is 5. The summed E-state index contributed by atoms with van der Waals surface area (Å²) in [6.07, 6.45) is 2.81. The highest BCUT2D eigenvalue weighted by Crippen LogP contribution is 2.12. The number of nitrogens with zero attached hydrogens (tertiary/aromatic N) is 3. The van der Waals surface area contributed by atoms with Crippen LogP contribution in [0.2, 0.25) is 0 Å². The summed E-state index contributed by atoms with van der Waals surface area (Å²) in [4.78, 5) is 0.171. The van der Waals surface area contributed by atoms with Crippen molar-refractivity contribution in [1.29, 1.82) is 0 Å². The molecule has 98 valence electrons. The highest BCUT2D eigenvalue weighted by Gasteiger charge is 2.22. The third-order valence-corrected chi connectivity index (χ3v) is 4.10. The van der Waals surface area contributed by atoms with Crippen LogP contribution >= 0.6 is 0 Å². The van der Waals surface area contributed by atoms with Gasteiger partial charge in [0.15, 0.2) is 0 Å². The molecule has 0 aromatic carbocycles. The lowest BCUT2D eigenvalue weighted by Gasteiger charge is -2.14. The molecule has 0 saturated heterocycles. The molecule has 0 aliphatic heterocycles. The van der Waals surface area contributed by atoms with Crippen molar-refractivity contribution in [2.75, 3.05) is 33.9 Å². The number of likely N-dealkylation sites (N-methyl/N-ethyl adjacent to an activating group) is 1. The predicted octanol–water partition coefficient (Wildman–Crippen LogP) is -0.891. The second-order valence-corrected chi connectivity index (χ2v) is 5.59. The van der Waals surface area contributed by atoms with Crippen molar-refractivity contribution in [3.05, 3.63) is 12.4 Å². The lowest BCUT2D eigenvalue weighted by Crippen LogP contribution is -2.29. The van der Waals surface area contributed by atoms with E-state index in [1.54, 1.807) is 0 Å². The summed E-state index contributed by atoms with van der Waals surface area (Å²) in [5.41, 5.74) is 5.37. The smallest absolute Gasteiger partial charge is 0.246 e. The summed E-state index contributed by atoms with van der Waals surface area (Å²) in [6.45, 7) is 1.57. The van der Waals surface area contributed by atoms with Gasteiger partial charge in [-0.25, -0.2) is 8.42 Å². The fourth-order valence-electron chi connectivity index (χ4n) is 1.25. The van der Waals surface area contributed by atoms with E-state index in [9.17, 15) is 8.42 Å². The Bertz CT molecular complexity index is 443. The first-order valence-corrected chi connectivity index (χ1v) is 6.64. The third-order valence-electron chi connectivity index (χ3n) is 2.29. The normalized spacial score (nSPS) is 12.2. The molecule has 0 aliphatic carbocycles. The first-order chi connectivity index (χ1) is 8.02. The minimum atomic E-state index is -3.48. The van der Waals surface area contributed by atoms with Gasteiger partial charge in [-0.3, -0.25) is 4.68 Å². The molecule has 0 aliphatic rings. The van der Waals surface area contributed by atoms with Crippen LogP contribution in [0, 0.1) is 0 Å². The maximum atomic E-state index is 12.0. The maximum Gasteiger partial charge on any atom is 0.246 e. The van der Waals surface area contributed by atoms with Crippen LogP contribution in [0.4, 0.5) is 0 Å². The van der Waals surface area contributed by atoms with Crippen molar-refractivity contribution >= 4 is 10.0 Å². The highest BCUT2D eigenvalue weighted by molar-refractivity contribution is 7.89. The summed E-state index contributed by atoms with van der Waals surface area (Å²) < 4.78 is 31.7. The van der Waals surface area contributed by atoms with Gasteiger partial charge in [0.1, 0.15) is 4.90 Å². The van der Waals surface area contributed by atoms with E-state index in [2.05, 4.69) is 5.10 Å². The summed E-state index contributed by atoms with van der Waals surface area (Å²) >= 11 is 0. The molecule has 1 heterocycles. The standard InChI is InChI=1S/C9H18N4O3S/c1-12(5-6-16-2)17(14,15)9-7-11-13(8-9)4-3-10/h7-8H,3-6,10H2,1-2H3. The SMILES string of the molecule is COCCN(C)S(=O)(=O)c1cnn(CCN)c1. The molecule has 0 bridgehead atoms. The van der Waals surface area contributed by atoms with Crippen LogP contribution in [-0.2, 0) is 21.3 Å². The number of sulfonamides is 1. The summed E-state index contributed by atoms with van der Waals surface area (Å²) in [6, 6.07) is 0. The monoisotopic (exact) mass is 262 g/mol. The zero-order valence-corrected chi connectivity index (χ0v) is 10.9. The van der Waals surface area contributed by atoms with Crippen LogP contribution in [-0.4, -0.2) is 56.4 Å². The van der Waals surface area contributed by atoms with Gasteiger partial charge in [-0.2, -0.15) is 9.40 Å². The maximum absolute atomic E-state index is 12.0. The molecule has 0 saturated carbocycles. The van der Waals surface area contributed by atoms with Crippen LogP contribution in [0.25, 0.3) is 0 Å². The van der Waals surface area contributed by atoms with Crippen molar-refractivity contribution in [3.8, 4) is 0 Å². The zero-order valence-electron chi connectivity index (χ0n) is 10.0. The van der Waals surface area contributed by atoms with Gasteiger partial charge in [-0.15, -0.1) is 0 Å². The Morgan fingerprint density at radius 1 is 1.59 bits per heavy atom. The Hall–Kier alpha value is -0.960. The van der Waals surface area contributed by atoms with Crippen LogP contribution in [0.3, 0.4) is 0 Å². The molecule has 0 spiro atoms. The second-order valence-electron chi connectivity index (χ2n) is 3.55. The van der Waals surface area contributed by atoms with Gasteiger partial charge in [0.25, 0.3) is 0 Å². The number of methoxy groups -OCH3 is 1. The molecule has 0 radical (unpaired) electrons. The van der Waals surface area contributed by atoms with Gasteiger partial charge < -0.3 is 10.5 Å². The third kappa shape index (κ3) is 3.50. The van der Waals surface area contributed by atoms with Gasteiger partial charge in [0.2, 0.25) is 10.0 Å². The van der Waals surface area contributed by atoms with Gasteiger partial charge in [0, 0.05) is 33.4 Å². The van der Waals surface area contributed by atoms with E-state index < -0.39 is 10.0 Å². The Labute approximate surface area is 101 Å². The minimum Gasteiger partial charge on any atom is -0.383 e. The number of rotatable bonds is 7. The molecule has 17 heavy (non-hydrogen) atoms. The zero-order chi connectivity index (χ0) is 12.9. The van der Waals surface area contributed by atoms with Crippen LogP contribution in [0.5, 0.6) is 0 Å². The fourth-order valence-corrected chi connectivity index (χ4v) is 2.36. The number of ether oxygens (including phenoxy) is 1. The lowest BCUT2D eigenvalue weighted by molar-refractivity contribution is 0.185. The quantitative estimate of drug-likeness (QED) is 0.688. The Morgan fingerprint density at radius 2 is 2.29 bits per heavy atom. The lowest BCUT2D eigenvalue weighted by atomic mass is 10.6. The average Bonchev–Trinajstić information content (AvgIpc) is 2.75. The number of aromatic nitrogens is 2. The van der Waals surface area contributed by atoms with Gasteiger partial charge >= 0.3 is 0 Å².